The zero-order valence-electron chi connectivity index (χ0n) is 14.1. The number of hydrogen-bond acceptors (Lipinski definition) is 2. The minimum Gasteiger partial charge on any atom is -0.374 e. The average molecular weight is 289 g/mol. The number of rotatable bonds is 7. The Balaban J connectivity index is 2.07. The quantitative estimate of drug-likeness (QED) is 0.777. The summed E-state index contributed by atoms with van der Waals surface area (Å²) in [5.74, 6) is 0.792. The van der Waals surface area contributed by atoms with Crippen LogP contribution in [0.4, 0.5) is 0 Å². The van der Waals surface area contributed by atoms with Crippen LogP contribution in [0.25, 0.3) is 0 Å². The molecule has 1 unspecified atom stereocenters. The van der Waals surface area contributed by atoms with Crippen LogP contribution >= 0.6 is 0 Å². The first-order valence-corrected chi connectivity index (χ1v) is 8.47. The van der Waals surface area contributed by atoms with E-state index in [0.717, 1.165) is 25.5 Å². The maximum Gasteiger partial charge on any atom is 0.0668 e. The van der Waals surface area contributed by atoms with Crippen molar-refractivity contribution in [2.24, 2.45) is 0 Å². The fourth-order valence-corrected chi connectivity index (χ4v) is 2.70. The van der Waals surface area contributed by atoms with Crippen LogP contribution in [0.2, 0.25) is 0 Å². The lowest BCUT2D eigenvalue weighted by Crippen LogP contribution is -2.31. The molecule has 1 saturated carbocycles. The van der Waals surface area contributed by atoms with Gasteiger partial charge in [-0.15, -0.1) is 0 Å². The Morgan fingerprint density at radius 3 is 2.62 bits per heavy atom. The van der Waals surface area contributed by atoms with Gasteiger partial charge in [-0.1, -0.05) is 37.6 Å². The van der Waals surface area contributed by atoms with Crippen LogP contribution in [0, 0.1) is 0 Å². The molecule has 118 valence electrons. The Bertz CT molecular complexity index is 431. The van der Waals surface area contributed by atoms with Gasteiger partial charge in [0.05, 0.1) is 18.2 Å². The van der Waals surface area contributed by atoms with E-state index >= 15 is 0 Å². The Morgan fingerprint density at radius 2 is 2.05 bits per heavy atom. The summed E-state index contributed by atoms with van der Waals surface area (Å²) in [4.78, 5) is 0. The van der Waals surface area contributed by atoms with Gasteiger partial charge in [0.2, 0.25) is 0 Å². The number of nitrogens with one attached hydrogen (secondary N) is 1. The Hall–Kier alpha value is -0.860. The van der Waals surface area contributed by atoms with Gasteiger partial charge in [-0.05, 0) is 63.6 Å². The molecule has 0 heterocycles. The van der Waals surface area contributed by atoms with Crippen molar-refractivity contribution in [1.29, 1.82) is 0 Å². The van der Waals surface area contributed by atoms with E-state index in [4.69, 9.17) is 4.74 Å². The van der Waals surface area contributed by atoms with Gasteiger partial charge in [0, 0.05) is 0 Å². The van der Waals surface area contributed by atoms with E-state index in [1.807, 2.05) is 0 Å². The molecule has 1 aromatic rings. The van der Waals surface area contributed by atoms with Crippen molar-refractivity contribution in [1.82, 2.24) is 5.32 Å². The van der Waals surface area contributed by atoms with Gasteiger partial charge < -0.3 is 10.1 Å². The molecular formula is C19H31NO. The zero-order chi connectivity index (χ0) is 15.3. The van der Waals surface area contributed by atoms with Crippen molar-refractivity contribution >= 4 is 0 Å². The standard InChI is InChI=1S/C19H31NO/c1-5-12-20-18(14-21-19(2,3)4)17-11-7-10-16(13-17)15-8-6-9-15/h7,10-11,13,15,18,20H,5-6,8-9,12,14H2,1-4H3. The second-order valence-corrected chi connectivity index (χ2v) is 7.23. The van der Waals surface area contributed by atoms with E-state index in [1.54, 1.807) is 0 Å². The maximum absolute atomic E-state index is 6.02. The molecule has 0 aliphatic heterocycles. The fourth-order valence-electron chi connectivity index (χ4n) is 2.70. The highest BCUT2D eigenvalue weighted by Crippen LogP contribution is 2.37. The summed E-state index contributed by atoms with van der Waals surface area (Å²) in [5.41, 5.74) is 2.80. The number of hydrogen-bond donors (Lipinski definition) is 1. The molecule has 2 heteroatoms. The van der Waals surface area contributed by atoms with Crippen molar-refractivity contribution in [2.45, 2.75) is 70.9 Å². The molecule has 1 atom stereocenters. The first-order valence-electron chi connectivity index (χ1n) is 8.47. The lowest BCUT2D eigenvalue weighted by molar-refractivity contribution is -0.0147. The molecule has 0 bridgehead atoms. The number of benzene rings is 1. The summed E-state index contributed by atoms with van der Waals surface area (Å²) in [6.45, 7) is 10.3. The van der Waals surface area contributed by atoms with E-state index in [-0.39, 0.29) is 5.60 Å². The maximum atomic E-state index is 6.02. The molecule has 0 spiro atoms. The number of ether oxygens (including phenoxy) is 1. The Labute approximate surface area is 130 Å². The molecule has 1 fully saturated rings. The molecule has 1 aliphatic carbocycles. The van der Waals surface area contributed by atoms with Gasteiger partial charge >= 0.3 is 0 Å². The van der Waals surface area contributed by atoms with Crippen molar-refractivity contribution in [2.75, 3.05) is 13.2 Å². The van der Waals surface area contributed by atoms with Gasteiger partial charge in [-0.2, -0.15) is 0 Å². The first kappa shape index (κ1) is 16.5. The van der Waals surface area contributed by atoms with Gasteiger partial charge in [-0.3, -0.25) is 0 Å². The molecule has 0 amide bonds. The highest BCUT2D eigenvalue weighted by Gasteiger charge is 2.21. The smallest absolute Gasteiger partial charge is 0.0668 e. The lowest BCUT2D eigenvalue weighted by atomic mass is 9.79. The molecular weight excluding hydrogens is 258 g/mol. The third-order valence-corrected chi connectivity index (χ3v) is 4.21. The monoisotopic (exact) mass is 289 g/mol. The molecule has 2 rings (SSSR count). The summed E-state index contributed by atoms with van der Waals surface area (Å²) < 4.78 is 6.02. The van der Waals surface area contributed by atoms with E-state index < -0.39 is 0 Å². The SMILES string of the molecule is CCCNC(COC(C)(C)C)c1cccc(C2CCC2)c1. The Morgan fingerprint density at radius 1 is 1.29 bits per heavy atom. The normalized spacial score (nSPS) is 17.5. The van der Waals surface area contributed by atoms with Crippen molar-refractivity contribution in [3.05, 3.63) is 35.4 Å². The van der Waals surface area contributed by atoms with E-state index in [9.17, 15) is 0 Å². The first-order chi connectivity index (χ1) is 9.99. The molecule has 21 heavy (non-hydrogen) atoms. The van der Waals surface area contributed by atoms with Crippen LogP contribution in [0.3, 0.4) is 0 Å². The van der Waals surface area contributed by atoms with E-state index in [2.05, 4.69) is 57.3 Å². The zero-order valence-corrected chi connectivity index (χ0v) is 14.1. The molecule has 2 nitrogen and oxygen atoms in total. The van der Waals surface area contributed by atoms with Crippen molar-refractivity contribution in [3.63, 3.8) is 0 Å². The molecule has 1 aromatic carbocycles. The highest BCUT2D eigenvalue weighted by molar-refractivity contribution is 5.29. The van der Waals surface area contributed by atoms with Crippen LogP contribution in [0.5, 0.6) is 0 Å². The van der Waals surface area contributed by atoms with Gasteiger partial charge in [-0.25, -0.2) is 0 Å². The minimum absolute atomic E-state index is 0.0856. The van der Waals surface area contributed by atoms with Gasteiger partial charge in [0.15, 0.2) is 0 Å². The van der Waals surface area contributed by atoms with Crippen molar-refractivity contribution in [3.8, 4) is 0 Å². The van der Waals surface area contributed by atoms with Crippen LogP contribution in [-0.4, -0.2) is 18.8 Å². The van der Waals surface area contributed by atoms with Crippen molar-refractivity contribution < 1.29 is 4.74 Å². The second kappa shape index (κ2) is 7.42. The predicted octanol–water partition coefficient (Wildman–Crippen LogP) is 4.81. The van der Waals surface area contributed by atoms with Crippen LogP contribution in [-0.2, 0) is 4.74 Å². The summed E-state index contributed by atoms with van der Waals surface area (Å²) in [6.07, 6.45) is 5.25. The van der Waals surface area contributed by atoms with E-state index in [0.29, 0.717) is 6.04 Å². The van der Waals surface area contributed by atoms with E-state index in [1.165, 1.54) is 30.4 Å². The fraction of sp³-hybridized carbons (Fsp3) is 0.684. The largest absolute Gasteiger partial charge is 0.374 e. The molecule has 0 radical (unpaired) electrons. The second-order valence-electron chi connectivity index (χ2n) is 7.23. The molecule has 0 saturated heterocycles. The summed E-state index contributed by atoms with van der Waals surface area (Å²) in [5, 5.41) is 3.64. The average Bonchev–Trinajstić information content (AvgIpc) is 2.36. The summed E-state index contributed by atoms with van der Waals surface area (Å²) in [6, 6.07) is 9.42. The minimum atomic E-state index is -0.0856. The van der Waals surface area contributed by atoms with Crippen LogP contribution in [0.15, 0.2) is 24.3 Å². The summed E-state index contributed by atoms with van der Waals surface area (Å²) in [7, 11) is 0. The topological polar surface area (TPSA) is 21.3 Å². The molecule has 1 N–H and O–H groups in total. The van der Waals surface area contributed by atoms with Crippen LogP contribution < -0.4 is 5.32 Å². The third-order valence-electron chi connectivity index (χ3n) is 4.21. The highest BCUT2D eigenvalue weighted by atomic mass is 16.5. The van der Waals surface area contributed by atoms with Gasteiger partial charge in [0.25, 0.3) is 0 Å². The summed E-state index contributed by atoms with van der Waals surface area (Å²) >= 11 is 0. The molecule has 0 aromatic heterocycles. The molecule has 1 aliphatic rings. The Kier molecular flexibility index (Phi) is 5.83. The third kappa shape index (κ3) is 5.12. The van der Waals surface area contributed by atoms with Gasteiger partial charge in [0.1, 0.15) is 0 Å². The lowest BCUT2D eigenvalue weighted by Gasteiger charge is -2.28. The van der Waals surface area contributed by atoms with Crippen LogP contribution in [0.1, 0.15) is 76.5 Å². The predicted molar refractivity (Wildman–Crippen MR) is 89.8 cm³/mol.